The summed E-state index contributed by atoms with van der Waals surface area (Å²) in [7, 11) is 8.04. The maximum atomic E-state index is 5.54. The normalized spacial score (nSPS) is 10.8. The molecule has 0 aliphatic heterocycles. The molecule has 6 nitrogen and oxygen atoms in total. The molecular formula is C17H19NO5. The number of aromatic amines is 1. The Labute approximate surface area is 133 Å². The van der Waals surface area contributed by atoms with Crippen LogP contribution in [0.2, 0.25) is 0 Å². The van der Waals surface area contributed by atoms with Crippen LogP contribution >= 0.6 is 0 Å². The Kier molecular flexibility index (Phi) is 3.82. The van der Waals surface area contributed by atoms with Crippen LogP contribution in [0.5, 0.6) is 28.7 Å². The van der Waals surface area contributed by atoms with E-state index in [9.17, 15) is 0 Å². The fraction of sp³-hybridized carbons (Fsp3) is 0.294. The van der Waals surface area contributed by atoms with Crippen molar-refractivity contribution in [1.82, 2.24) is 4.98 Å². The van der Waals surface area contributed by atoms with E-state index in [4.69, 9.17) is 23.7 Å². The van der Waals surface area contributed by atoms with Crippen molar-refractivity contribution in [3.63, 3.8) is 0 Å². The lowest BCUT2D eigenvalue weighted by Crippen LogP contribution is -1.93. The molecule has 0 aliphatic carbocycles. The van der Waals surface area contributed by atoms with E-state index in [2.05, 4.69) is 4.98 Å². The lowest BCUT2D eigenvalue weighted by atomic mass is 10.1. The number of rotatable bonds is 5. The highest BCUT2D eigenvalue weighted by atomic mass is 16.5. The summed E-state index contributed by atoms with van der Waals surface area (Å²) in [5.41, 5.74) is 1.59. The van der Waals surface area contributed by atoms with Crippen LogP contribution < -0.4 is 23.7 Å². The molecule has 2 aromatic carbocycles. The van der Waals surface area contributed by atoms with Crippen LogP contribution in [0.4, 0.5) is 0 Å². The van der Waals surface area contributed by atoms with Crippen LogP contribution in [0.1, 0.15) is 0 Å². The SMILES string of the molecule is COc1ccc2c([nH]c3c(OC)c(OC)cc(OC)c32)c1OC. The Balaban J connectivity index is 2.51. The van der Waals surface area contributed by atoms with E-state index in [1.807, 2.05) is 18.2 Å². The summed E-state index contributed by atoms with van der Waals surface area (Å²) in [6.07, 6.45) is 0. The van der Waals surface area contributed by atoms with Gasteiger partial charge in [0, 0.05) is 11.5 Å². The largest absolute Gasteiger partial charge is 0.496 e. The first-order valence-corrected chi connectivity index (χ1v) is 7.05. The van der Waals surface area contributed by atoms with Crippen LogP contribution in [0, 0.1) is 0 Å². The zero-order valence-electron chi connectivity index (χ0n) is 13.8. The molecule has 0 unspecified atom stereocenters. The standard InChI is InChI=1S/C17H19NO5/c1-19-10-7-6-9-13-11(20-2)8-12(21-3)17(23-5)15(13)18-14(9)16(10)22-4/h6-8,18H,1-5H3. The van der Waals surface area contributed by atoms with Crippen molar-refractivity contribution in [1.29, 1.82) is 0 Å². The van der Waals surface area contributed by atoms with Crippen LogP contribution in [0.15, 0.2) is 18.2 Å². The van der Waals surface area contributed by atoms with Crippen molar-refractivity contribution in [3.8, 4) is 28.7 Å². The summed E-state index contributed by atoms with van der Waals surface area (Å²) in [4.78, 5) is 3.35. The third-order valence-corrected chi connectivity index (χ3v) is 3.92. The van der Waals surface area contributed by atoms with Gasteiger partial charge in [0.15, 0.2) is 23.0 Å². The van der Waals surface area contributed by atoms with Crippen molar-refractivity contribution >= 4 is 21.8 Å². The molecule has 3 aromatic rings. The topological polar surface area (TPSA) is 61.9 Å². The lowest BCUT2D eigenvalue weighted by molar-refractivity contribution is 0.353. The van der Waals surface area contributed by atoms with Gasteiger partial charge in [0.2, 0.25) is 0 Å². The molecule has 0 radical (unpaired) electrons. The van der Waals surface area contributed by atoms with Crippen LogP contribution in [0.25, 0.3) is 21.8 Å². The van der Waals surface area contributed by atoms with Crippen LogP contribution in [0.3, 0.4) is 0 Å². The molecule has 1 N–H and O–H groups in total. The maximum Gasteiger partial charge on any atom is 0.185 e. The fourth-order valence-electron chi connectivity index (χ4n) is 2.90. The van der Waals surface area contributed by atoms with Gasteiger partial charge in [-0.25, -0.2) is 0 Å². The monoisotopic (exact) mass is 317 g/mol. The number of fused-ring (bicyclic) bond motifs is 3. The lowest BCUT2D eigenvalue weighted by Gasteiger charge is -2.11. The molecule has 1 aromatic heterocycles. The van der Waals surface area contributed by atoms with E-state index >= 15 is 0 Å². The zero-order valence-corrected chi connectivity index (χ0v) is 13.8. The quantitative estimate of drug-likeness (QED) is 0.782. The van der Waals surface area contributed by atoms with Crippen molar-refractivity contribution in [3.05, 3.63) is 18.2 Å². The number of benzene rings is 2. The average molecular weight is 317 g/mol. The molecule has 0 fully saturated rings. The molecule has 0 atom stereocenters. The number of nitrogens with one attached hydrogen (secondary N) is 1. The van der Waals surface area contributed by atoms with Gasteiger partial charge in [-0.15, -0.1) is 0 Å². The third kappa shape index (κ3) is 2.10. The molecule has 1 heterocycles. The first-order chi connectivity index (χ1) is 11.2. The Morgan fingerprint density at radius 3 is 1.83 bits per heavy atom. The minimum atomic E-state index is 0.592. The van der Waals surface area contributed by atoms with Gasteiger partial charge < -0.3 is 28.7 Å². The molecule has 122 valence electrons. The van der Waals surface area contributed by atoms with Crippen molar-refractivity contribution in [2.75, 3.05) is 35.5 Å². The fourth-order valence-corrected chi connectivity index (χ4v) is 2.90. The van der Waals surface area contributed by atoms with Gasteiger partial charge in [-0.1, -0.05) is 0 Å². The summed E-state index contributed by atoms with van der Waals surface area (Å²) in [5, 5.41) is 1.86. The highest BCUT2D eigenvalue weighted by Crippen LogP contribution is 2.47. The summed E-state index contributed by atoms with van der Waals surface area (Å²) in [5.74, 6) is 3.17. The Morgan fingerprint density at radius 1 is 0.652 bits per heavy atom. The van der Waals surface area contributed by atoms with Gasteiger partial charge in [0.05, 0.1) is 52.0 Å². The molecular weight excluding hydrogens is 298 g/mol. The average Bonchev–Trinajstić information content (AvgIpc) is 2.98. The summed E-state index contributed by atoms with van der Waals surface area (Å²) < 4.78 is 27.3. The first kappa shape index (κ1) is 15.1. The Morgan fingerprint density at radius 2 is 1.26 bits per heavy atom. The maximum absolute atomic E-state index is 5.54. The summed E-state index contributed by atoms with van der Waals surface area (Å²) in [6, 6.07) is 5.64. The van der Waals surface area contributed by atoms with Gasteiger partial charge in [0.25, 0.3) is 0 Å². The second-order valence-electron chi connectivity index (χ2n) is 4.91. The second kappa shape index (κ2) is 5.79. The molecule has 0 spiro atoms. The zero-order chi connectivity index (χ0) is 16.6. The molecule has 3 rings (SSSR count). The molecule has 0 amide bonds. The van der Waals surface area contributed by atoms with Gasteiger partial charge in [-0.05, 0) is 12.1 Å². The van der Waals surface area contributed by atoms with Crippen molar-refractivity contribution in [2.45, 2.75) is 0 Å². The van der Waals surface area contributed by atoms with Crippen molar-refractivity contribution in [2.24, 2.45) is 0 Å². The van der Waals surface area contributed by atoms with Gasteiger partial charge in [-0.3, -0.25) is 0 Å². The second-order valence-corrected chi connectivity index (χ2v) is 4.91. The highest BCUT2D eigenvalue weighted by Gasteiger charge is 2.21. The van der Waals surface area contributed by atoms with Crippen LogP contribution in [-0.2, 0) is 0 Å². The molecule has 0 aliphatic rings. The van der Waals surface area contributed by atoms with E-state index in [1.165, 1.54) is 0 Å². The number of ether oxygens (including phenoxy) is 5. The van der Waals surface area contributed by atoms with E-state index in [-0.39, 0.29) is 0 Å². The van der Waals surface area contributed by atoms with Gasteiger partial charge in [-0.2, -0.15) is 0 Å². The molecule has 6 heteroatoms. The number of hydrogen-bond donors (Lipinski definition) is 1. The minimum Gasteiger partial charge on any atom is -0.496 e. The highest BCUT2D eigenvalue weighted by molar-refractivity contribution is 6.15. The smallest absolute Gasteiger partial charge is 0.185 e. The molecule has 0 saturated heterocycles. The molecule has 0 saturated carbocycles. The first-order valence-electron chi connectivity index (χ1n) is 7.05. The van der Waals surface area contributed by atoms with Gasteiger partial charge in [0.1, 0.15) is 5.75 Å². The van der Waals surface area contributed by atoms with Gasteiger partial charge >= 0.3 is 0 Å². The minimum absolute atomic E-state index is 0.592. The number of methoxy groups -OCH3 is 5. The Bertz CT molecular complexity index is 869. The third-order valence-electron chi connectivity index (χ3n) is 3.92. The van der Waals surface area contributed by atoms with E-state index in [1.54, 1.807) is 35.5 Å². The molecule has 23 heavy (non-hydrogen) atoms. The predicted molar refractivity (Wildman–Crippen MR) is 88.6 cm³/mol. The van der Waals surface area contributed by atoms with E-state index in [0.29, 0.717) is 28.7 Å². The number of aromatic nitrogens is 1. The van der Waals surface area contributed by atoms with Crippen molar-refractivity contribution < 1.29 is 23.7 Å². The van der Waals surface area contributed by atoms with E-state index in [0.717, 1.165) is 21.8 Å². The predicted octanol–water partition coefficient (Wildman–Crippen LogP) is 3.36. The summed E-state index contributed by atoms with van der Waals surface area (Å²) >= 11 is 0. The van der Waals surface area contributed by atoms with E-state index < -0.39 is 0 Å². The molecule has 0 bridgehead atoms. The number of H-pyrrole nitrogens is 1. The van der Waals surface area contributed by atoms with Crippen LogP contribution in [-0.4, -0.2) is 40.5 Å². The Hall–Kier alpha value is -2.76. The summed E-state index contributed by atoms with van der Waals surface area (Å²) in [6.45, 7) is 0. The number of hydrogen-bond acceptors (Lipinski definition) is 5.